The van der Waals surface area contributed by atoms with Crippen molar-refractivity contribution in [3.8, 4) is 0 Å². The van der Waals surface area contributed by atoms with Gasteiger partial charge in [0.2, 0.25) is 0 Å². The third kappa shape index (κ3) is 5.99. The Balaban J connectivity index is 2.11. The normalized spacial score (nSPS) is 15.3. The molecule has 0 aromatic rings. The van der Waals surface area contributed by atoms with Crippen LogP contribution in [0.3, 0.4) is 0 Å². The van der Waals surface area contributed by atoms with E-state index in [0.29, 0.717) is 5.06 Å². The smallest absolute Gasteiger partial charge is 0.326 e. The van der Waals surface area contributed by atoms with E-state index in [1.165, 1.54) is 31.8 Å². The summed E-state index contributed by atoms with van der Waals surface area (Å²) in [7, 11) is 0. The van der Waals surface area contributed by atoms with Crippen LogP contribution < -0.4 is 0 Å². The summed E-state index contributed by atoms with van der Waals surface area (Å²) in [6.07, 6.45) is 11.3. The van der Waals surface area contributed by atoms with E-state index >= 15 is 0 Å². The van der Waals surface area contributed by atoms with Gasteiger partial charge in [0.15, 0.2) is 0 Å². The summed E-state index contributed by atoms with van der Waals surface area (Å²) in [4.78, 5) is 38.6. The predicted octanol–water partition coefficient (Wildman–Crippen LogP) is 2.90. The fraction of sp³-hybridized carbons (Fsp3) is 0.667. The third-order valence-electron chi connectivity index (χ3n) is 3.17. The first kappa shape index (κ1) is 16.4. The van der Waals surface area contributed by atoms with Crippen molar-refractivity contribution in [2.75, 3.05) is 0 Å². The summed E-state index contributed by atoms with van der Waals surface area (Å²) in [6, 6.07) is 0. The number of carbonyl (C=O) groups excluding carboxylic acids is 3. The molecule has 1 rings (SSSR count). The summed E-state index contributed by atoms with van der Waals surface area (Å²) in [5.41, 5.74) is 0. The summed E-state index contributed by atoms with van der Waals surface area (Å²) in [5, 5.41) is 0.567. The first-order chi connectivity index (χ1) is 9.65. The molecule has 0 unspecified atom stereocenters. The zero-order valence-corrected chi connectivity index (χ0v) is 12.1. The van der Waals surface area contributed by atoms with E-state index in [1.54, 1.807) is 6.08 Å². The minimum absolute atomic E-state index is 0.119. The minimum atomic E-state index is -0.667. The Morgan fingerprint density at radius 3 is 2.35 bits per heavy atom. The van der Waals surface area contributed by atoms with Crippen LogP contribution in [0.1, 0.15) is 64.7 Å². The molecule has 1 fully saturated rings. The standard InChI is InChI=1S/C15H23NO4/c1-2-3-4-5-6-7-8-9-10-15(19)20-16-13(17)11-12-14(16)18/h9-10H,2-8,11-12H2,1H3. The quantitative estimate of drug-likeness (QED) is 0.370. The van der Waals surface area contributed by atoms with Crippen LogP contribution in [-0.4, -0.2) is 22.8 Å². The first-order valence-corrected chi connectivity index (χ1v) is 7.39. The van der Waals surface area contributed by atoms with Crippen LogP contribution >= 0.6 is 0 Å². The van der Waals surface area contributed by atoms with Crippen molar-refractivity contribution in [2.45, 2.75) is 64.7 Å². The molecular weight excluding hydrogens is 258 g/mol. The lowest BCUT2D eigenvalue weighted by Crippen LogP contribution is -2.31. The van der Waals surface area contributed by atoms with Gasteiger partial charge in [-0.05, 0) is 12.8 Å². The highest BCUT2D eigenvalue weighted by atomic mass is 16.7. The van der Waals surface area contributed by atoms with Crippen molar-refractivity contribution in [3.05, 3.63) is 12.2 Å². The molecule has 112 valence electrons. The fourth-order valence-corrected chi connectivity index (χ4v) is 2.00. The summed E-state index contributed by atoms with van der Waals surface area (Å²) < 4.78 is 0. The summed E-state index contributed by atoms with van der Waals surface area (Å²) >= 11 is 0. The van der Waals surface area contributed by atoms with E-state index in [2.05, 4.69) is 6.92 Å². The number of carbonyl (C=O) groups is 3. The molecule has 5 heteroatoms. The lowest BCUT2D eigenvalue weighted by Gasteiger charge is -2.10. The number of rotatable bonds is 9. The Labute approximate surface area is 119 Å². The van der Waals surface area contributed by atoms with Crippen molar-refractivity contribution in [3.63, 3.8) is 0 Å². The van der Waals surface area contributed by atoms with E-state index in [-0.39, 0.29) is 12.8 Å². The number of imide groups is 1. The van der Waals surface area contributed by atoms with E-state index in [4.69, 9.17) is 4.84 Å². The van der Waals surface area contributed by atoms with Crippen molar-refractivity contribution < 1.29 is 19.2 Å². The highest BCUT2D eigenvalue weighted by Gasteiger charge is 2.32. The average molecular weight is 281 g/mol. The highest BCUT2D eigenvalue weighted by Crippen LogP contribution is 2.12. The van der Waals surface area contributed by atoms with Crippen LogP contribution in [0.4, 0.5) is 0 Å². The van der Waals surface area contributed by atoms with Gasteiger partial charge in [-0.25, -0.2) is 4.79 Å². The summed E-state index contributed by atoms with van der Waals surface area (Å²) in [6.45, 7) is 2.18. The van der Waals surface area contributed by atoms with Gasteiger partial charge in [-0.1, -0.05) is 45.1 Å². The van der Waals surface area contributed by atoms with Crippen LogP contribution in [0.5, 0.6) is 0 Å². The number of hydroxylamine groups is 2. The van der Waals surface area contributed by atoms with Crippen LogP contribution in [0.2, 0.25) is 0 Å². The Bertz CT molecular complexity index is 360. The lowest BCUT2D eigenvalue weighted by molar-refractivity contribution is -0.193. The molecule has 5 nitrogen and oxygen atoms in total. The Morgan fingerprint density at radius 2 is 1.70 bits per heavy atom. The van der Waals surface area contributed by atoms with E-state index in [0.717, 1.165) is 19.3 Å². The SMILES string of the molecule is CCCCCCCCC=CC(=O)ON1C(=O)CCC1=O. The van der Waals surface area contributed by atoms with Gasteiger partial charge in [-0.2, -0.15) is 0 Å². The van der Waals surface area contributed by atoms with Crippen molar-refractivity contribution in [1.82, 2.24) is 5.06 Å². The molecule has 0 N–H and O–H groups in total. The van der Waals surface area contributed by atoms with Crippen LogP contribution in [0.15, 0.2) is 12.2 Å². The van der Waals surface area contributed by atoms with Crippen LogP contribution in [-0.2, 0) is 19.2 Å². The van der Waals surface area contributed by atoms with Gasteiger partial charge in [0.05, 0.1) is 0 Å². The third-order valence-corrected chi connectivity index (χ3v) is 3.17. The average Bonchev–Trinajstić information content (AvgIpc) is 2.73. The molecule has 0 aromatic heterocycles. The number of hydrogen-bond acceptors (Lipinski definition) is 4. The van der Waals surface area contributed by atoms with Crippen molar-refractivity contribution in [1.29, 1.82) is 0 Å². The Hall–Kier alpha value is -1.65. The van der Waals surface area contributed by atoms with Crippen LogP contribution in [0.25, 0.3) is 0 Å². The number of amides is 2. The van der Waals surface area contributed by atoms with Crippen LogP contribution in [0, 0.1) is 0 Å². The number of allylic oxidation sites excluding steroid dienone is 1. The van der Waals surface area contributed by atoms with E-state index < -0.39 is 17.8 Å². The minimum Gasteiger partial charge on any atom is -0.326 e. The summed E-state index contributed by atoms with van der Waals surface area (Å²) in [5.74, 6) is -1.57. The van der Waals surface area contributed by atoms with Gasteiger partial charge < -0.3 is 4.84 Å². The van der Waals surface area contributed by atoms with Gasteiger partial charge in [0.1, 0.15) is 0 Å². The molecule has 1 aliphatic rings. The maximum Gasteiger partial charge on any atom is 0.356 e. The van der Waals surface area contributed by atoms with Gasteiger partial charge in [-0.3, -0.25) is 9.59 Å². The van der Waals surface area contributed by atoms with Gasteiger partial charge in [0.25, 0.3) is 11.8 Å². The molecule has 1 aliphatic heterocycles. The number of hydrogen-bond donors (Lipinski definition) is 0. The Kier molecular flexibility index (Phi) is 7.62. The molecule has 0 aromatic carbocycles. The van der Waals surface area contributed by atoms with Crippen molar-refractivity contribution in [2.24, 2.45) is 0 Å². The molecule has 2 amide bonds. The molecule has 0 bridgehead atoms. The maximum atomic E-state index is 11.4. The molecule has 1 saturated heterocycles. The second kappa shape index (κ2) is 9.28. The Morgan fingerprint density at radius 1 is 1.10 bits per heavy atom. The molecule has 0 saturated carbocycles. The second-order valence-electron chi connectivity index (χ2n) is 4.95. The molecule has 0 spiro atoms. The van der Waals surface area contributed by atoms with E-state index in [9.17, 15) is 14.4 Å². The molecule has 1 heterocycles. The zero-order chi connectivity index (χ0) is 14.8. The largest absolute Gasteiger partial charge is 0.356 e. The topological polar surface area (TPSA) is 63.7 Å². The monoisotopic (exact) mass is 281 g/mol. The number of nitrogens with zero attached hydrogens (tertiary/aromatic N) is 1. The second-order valence-corrected chi connectivity index (χ2v) is 4.95. The number of unbranched alkanes of at least 4 members (excludes halogenated alkanes) is 6. The van der Waals surface area contributed by atoms with Crippen molar-refractivity contribution >= 4 is 17.8 Å². The molecule has 0 aliphatic carbocycles. The van der Waals surface area contributed by atoms with E-state index in [1.807, 2.05) is 0 Å². The van der Waals surface area contributed by atoms with Gasteiger partial charge in [0, 0.05) is 18.9 Å². The molecular formula is C15H23NO4. The first-order valence-electron chi connectivity index (χ1n) is 7.39. The zero-order valence-electron chi connectivity index (χ0n) is 12.1. The van der Waals surface area contributed by atoms with Gasteiger partial charge >= 0.3 is 5.97 Å². The lowest BCUT2D eigenvalue weighted by atomic mass is 10.1. The highest BCUT2D eigenvalue weighted by molar-refractivity contribution is 6.02. The predicted molar refractivity (Wildman–Crippen MR) is 74.3 cm³/mol. The molecule has 0 radical (unpaired) electrons. The fourth-order valence-electron chi connectivity index (χ4n) is 2.00. The molecule has 0 atom stereocenters. The maximum absolute atomic E-state index is 11.4. The van der Waals surface area contributed by atoms with Gasteiger partial charge in [-0.15, -0.1) is 5.06 Å². The molecule has 20 heavy (non-hydrogen) atoms.